The number of hydrogen-bond acceptors (Lipinski definition) is 3. The molecular formula is C20H25BrO3. The predicted octanol–water partition coefficient (Wildman–Crippen LogP) is 6.40. The number of ether oxygens (including phenoxy) is 1. The first kappa shape index (κ1) is 18.8. The average Bonchev–Trinajstić information content (AvgIpc) is 3.03. The van der Waals surface area contributed by atoms with Gasteiger partial charge in [-0.05, 0) is 58.7 Å². The molecule has 0 fully saturated rings. The third-order valence-corrected chi connectivity index (χ3v) is 4.36. The van der Waals surface area contributed by atoms with E-state index in [9.17, 15) is 4.79 Å². The molecule has 130 valence electrons. The largest absolute Gasteiger partial charge is 0.494 e. The molecule has 1 aromatic carbocycles. The van der Waals surface area contributed by atoms with Crippen LogP contribution in [0.15, 0.2) is 45.5 Å². The monoisotopic (exact) mass is 392 g/mol. The van der Waals surface area contributed by atoms with E-state index in [2.05, 4.69) is 22.9 Å². The fourth-order valence-corrected chi connectivity index (χ4v) is 2.84. The molecule has 24 heavy (non-hydrogen) atoms. The van der Waals surface area contributed by atoms with E-state index < -0.39 is 0 Å². The van der Waals surface area contributed by atoms with Crippen LogP contribution in [0.5, 0.6) is 5.75 Å². The van der Waals surface area contributed by atoms with Gasteiger partial charge < -0.3 is 9.15 Å². The van der Waals surface area contributed by atoms with Gasteiger partial charge in [-0.2, -0.15) is 0 Å². The van der Waals surface area contributed by atoms with Crippen LogP contribution < -0.4 is 4.74 Å². The highest BCUT2D eigenvalue weighted by molar-refractivity contribution is 9.10. The second-order valence-corrected chi connectivity index (χ2v) is 6.71. The second-order valence-electron chi connectivity index (χ2n) is 5.93. The maximum absolute atomic E-state index is 12.2. The Bertz CT molecular complexity index is 616. The fourth-order valence-electron chi connectivity index (χ4n) is 2.53. The zero-order chi connectivity index (χ0) is 17.2. The predicted molar refractivity (Wildman–Crippen MR) is 99.8 cm³/mol. The van der Waals surface area contributed by atoms with E-state index >= 15 is 0 Å². The molecule has 0 aliphatic rings. The molecule has 0 bridgehead atoms. The normalized spacial score (nSPS) is 10.8. The molecule has 0 aliphatic heterocycles. The molecule has 1 heterocycles. The van der Waals surface area contributed by atoms with Gasteiger partial charge in [0.15, 0.2) is 10.4 Å². The van der Waals surface area contributed by atoms with Gasteiger partial charge >= 0.3 is 0 Å². The summed E-state index contributed by atoms with van der Waals surface area (Å²) in [5.74, 6) is 1.01. The Morgan fingerprint density at radius 2 is 1.62 bits per heavy atom. The lowest BCUT2D eigenvalue weighted by atomic mass is 10.1. The molecule has 1 aromatic heterocycles. The van der Waals surface area contributed by atoms with Crippen molar-refractivity contribution in [3.63, 3.8) is 0 Å². The van der Waals surface area contributed by atoms with E-state index in [1.54, 1.807) is 24.3 Å². The number of furan rings is 1. The van der Waals surface area contributed by atoms with Crippen LogP contribution in [0.25, 0.3) is 0 Å². The maximum Gasteiger partial charge on any atom is 0.228 e. The summed E-state index contributed by atoms with van der Waals surface area (Å²) in [6, 6.07) is 10.6. The molecule has 0 N–H and O–H groups in total. The number of benzene rings is 1. The lowest BCUT2D eigenvalue weighted by Gasteiger charge is -2.07. The molecule has 0 unspecified atom stereocenters. The molecule has 0 aliphatic carbocycles. The number of unbranched alkanes of at least 4 members (excludes halogenated alkanes) is 6. The van der Waals surface area contributed by atoms with E-state index in [4.69, 9.17) is 9.15 Å². The number of carbonyl (C=O) groups is 1. The topological polar surface area (TPSA) is 39.4 Å². The van der Waals surface area contributed by atoms with Gasteiger partial charge in [-0.25, -0.2) is 0 Å². The third kappa shape index (κ3) is 6.16. The van der Waals surface area contributed by atoms with Crippen molar-refractivity contribution in [1.29, 1.82) is 0 Å². The average molecular weight is 393 g/mol. The van der Waals surface area contributed by atoms with Gasteiger partial charge in [0.2, 0.25) is 5.78 Å². The Labute approximate surface area is 152 Å². The minimum atomic E-state index is -0.126. The number of carbonyl (C=O) groups excluding carboxylic acids is 1. The standard InChI is InChI=1S/C20H25BrO3/c1-2-3-4-5-6-7-8-15-23-17-11-9-16(10-12-17)20(22)18-13-14-19(21)24-18/h9-14H,2-8,15H2,1H3. The summed E-state index contributed by atoms with van der Waals surface area (Å²) in [5.41, 5.74) is 0.597. The van der Waals surface area contributed by atoms with Gasteiger partial charge in [-0.1, -0.05) is 45.4 Å². The van der Waals surface area contributed by atoms with Crippen LogP contribution in [0.3, 0.4) is 0 Å². The Morgan fingerprint density at radius 3 is 2.25 bits per heavy atom. The van der Waals surface area contributed by atoms with Crippen LogP contribution in [0.4, 0.5) is 0 Å². The molecule has 0 saturated carbocycles. The fraction of sp³-hybridized carbons (Fsp3) is 0.450. The number of halogens is 1. The molecule has 0 amide bonds. The SMILES string of the molecule is CCCCCCCCCOc1ccc(C(=O)c2ccc(Br)o2)cc1. The summed E-state index contributed by atoms with van der Waals surface area (Å²) < 4.78 is 11.6. The minimum Gasteiger partial charge on any atom is -0.494 e. The molecule has 3 nitrogen and oxygen atoms in total. The molecular weight excluding hydrogens is 368 g/mol. The van der Waals surface area contributed by atoms with Crippen molar-refractivity contribution in [3.8, 4) is 5.75 Å². The van der Waals surface area contributed by atoms with Gasteiger partial charge in [0, 0.05) is 5.56 Å². The summed E-state index contributed by atoms with van der Waals surface area (Å²) in [6.07, 6.45) is 8.89. The molecule has 2 rings (SSSR count). The molecule has 0 atom stereocenters. The van der Waals surface area contributed by atoms with Crippen molar-refractivity contribution in [2.45, 2.75) is 51.9 Å². The van der Waals surface area contributed by atoms with Crippen LogP contribution >= 0.6 is 15.9 Å². The first-order chi connectivity index (χ1) is 11.7. The smallest absolute Gasteiger partial charge is 0.228 e. The van der Waals surface area contributed by atoms with Crippen molar-refractivity contribution in [2.24, 2.45) is 0 Å². The van der Waals surface area contributed by atoms with Gasteiger partial charge in [0.05, 0.1) is 6.61 Å². The Kier molecular flexibility index (Phi) is 8.10. The lowest BCUT2D eigenvalue weighted by Crippen LogP contribution is -2.01. The van der Waals surface area contributed by atoms with E-state index in [0.717, 1.165) is 18.8 Å². The summed E-state index contributed by atoms with van der Waals surface area (Å²) in [6.45, 7) is 2.96. The van der Waals surface area contributed by atoms with E-state index in [0.29, 0.717) is 16.0 Å². The zero-order valence-electron chi connectivity index (χ0n) is 14.2. The van der Waals surface area contributed by atoms with Gasteiger partial charge in [0.25, 0.3) is 0 Å². The summed E-state index contributed by atoms with van der Waals surface area (Å²) in [7, 11) is 0. The van der Waals surface area contributed by atoms with Crippen LogP contribution in [-0.4, -0.2) is 12.4 Å². The van der Waals surface area contributed by atoms with E-state index in [1.165, 1.54) is 38.5 Å². The van der Waals surface area contributed by atoms with Crippen molar-refractivity contribution in [3.05, 3.63) is 52.4 Å². The van der Waals surface area contributed by atoms with Crippen LogP contribution in [0.1, 0.15) is 68.0 Å². The Balaban J connectivity index is 1.69. The van der Waals surface area contributed by atoms with Gasteiger partial charge in [0.1, 0.15) is 5.75 Å². The second kappa shape index (κ2) is 10.3. The third-order valence-electron chi connectivity index (χ3n) is 3.93. The highest BCUT2D eigenvalue weighted by Crippen LogP contribution is 2.19. The van der Waals surface area contributed by atoms with E-state index in [-0.39, 0.29) is 5.78 Å². The molecule has 0 spiro atoms. The van der Waals surface area contributed by atoms with E-state index in [1.807, 2.05) is 12.1 Å². The van der Waals surface area contributed by atoms with Crippen LogP contribution in [-0.2, 0) is 0 Å². The summed E-state index contributed by atoms with van der Waals surface area (Å²) >= 11 is 3.20. The molecule has 0 radical (unpaired) electrons. The molecule has 2 aromatic rings. The molecule has 4 heteroatoms. The maximum atomic E-state index is 12.2. The minimum absolute atomic E-state index is 0.126. The Morgan fingerprint density at radius 1 is 0.958 bits per heavy atom. The van der Waals surface area contributed by atoms with Crippen LogP contribution in [0.2, 0.25) is 0 Å². The highest BCUT2D eigenvalue weighted by Gasteiger charge is 2.13. The lowest BCUT2D eigenvalue weighted by molar-refractivity contribution is 0.101. The first-order valence-electron chi connectivity index (χ1n) is 8.73. The van der Waals surface area contributed by atoms with Crippen LogP contribution in [0, 0.1) is 0 Å². The Hall–Kier alpha value is -1.55. The quantitative estimate of drug-likeness (QED) is 0.327. The zero-order valence-corrected chi connectivity index (χ0v) is 15.8. The van der Waals surface area contributed by atoms with Gasteiger partial charge in [-0.3, -0.25) is 4.79 Å². The number of ketones is 1. The summed E-state index contributed by atoms with van der Waals surface area (Å²) in [5, 5.41) is 0. The number of rotatable bonds is 11. The molecule has 0 saturated heterocycles. The van der Waals surface area contributed by atoms with Crippen molar-refractivity contribution in [2.75, 3.05) is 6.61 Å². The van der Waals surface area contributed by atoms with Crippen molar-refractivity contribution < 1.29 is 13.9 Å². The van der Waals surface area contributed by atoms with Crippen molar-refractivity contribution >= 4 is 21.7 Å². The van der Waals surface area contributed by atoms with Gasteiger partial charge in [-0.15, -0.1) is 0 Å². The highest BCUT2D eigenvalue weighted by atomic mass is 79.9. The first-order valence-corrected chi connectivity index (χ1v) is 9.53. The summed E-state index contributed by atoms with van der Waals surface area (Å²) in [4.78, 5) is 12.2. The van der Waals surface area contributed by atoms with Crippen molar-refractivity contribution in [1.82, 2.24) is 0 Å². The number of hydrogen-bond donors (Lipinski definition) is 0.